The van der Waals surface area contributed by atoms with Crippen molar-refractivity contribution in [3.05, 3.63) is 164 Å². The number of aliphatic hydroxyl groups is 1. The van der Waals surface area contributed by atoms with Crippen molar-refractivity contribution in [3.63, 3.8) is 0 Å². The SMILES string of the molecule is N[C@H]1C(=O)N[C@@H]2Cc3ccc(c(Cl)c3)Oc3cc4cc(c3O)Oc3ccc(cc3Cl)[C@@H](O)[C@@H]3NC(=O)[C@H](NC(=O)[C@@H]4NC(=O)[C@@H](NC2=O)c2cc(O)cc(c2)Oc2cc1ccc2O)c1ccc(O)c(c1)-c1c(O)cc(O)cc1[C@@H](C(=O)C1NCCC2CCCCC21)NC3=O. The van der Waals surface area contributed by atoms with Gasteiger partial charge in [-0.05, 0) is 149 Å². The molecule has 27 heteroatoms. The van der Waals surface area contributed by atoms with Gasteiger partial charge in [-0.3, -0.25) is 33.6 Å². The van der Waals surface area contributed by atoms with Crippen LogP contribution in [0.25, 0.3) is 11.1 Å². The van der Waals surface area contributed by atoms with Gasteiger partial charge in [0.25, 0.3) is 0 Å². The third-order valence-corrected chi connectivity index (χ3v) is 18.7. The molecule has 94 heavy (non-hydrogen) atoms. The zero-order valence-electron chi connectivity index (χ0n) is 49.3. The average molecular weight is 1320 g/mol. The lowest BCUT2D eigenvalue weighted by Gasteiger charge is -2.42. The van der Waals surface area contributed by atoms with Gasteiger partial charge in [-0.25, -0.2) is 0 Å². The zero-order chi connectivity index (χ0) is 66.1. The summed E-state index contributed by atoms with van der Waals surface area (Å²) in [7, 11) is 0. The van der Waals surface area contributed by atoms with E-state index < -0.39 is 142 Å². The van der Waals surface area contributed by atoms with E-state index in [1.165, 1.54) is 72.8 Å². The van der Waals surface area contributed by atoms with Crippen LogP contribution in [-0.2, 0) is 40.0 Å². The Kier molecular flexibility index (Phi) is 16.6. The van der Waals surface area contributed by atoms with Crippen molar-refractivity contribution in [3.8, 4) is 80.1 Å². The second-order valence-corrected chi connectivity index (χ2v) is 24.9. The normalized spacial score (nSPS) is 25.1. The maximum atomic E-state index is 15.9. The molecule has 0 aromatic heterocycles. The van der Waals surface area contributed by atoms with Gasteiger partial charge >= 0.3 is 0 Å². The van der Waals surface area contributed by atoms with E-state index in [4.69, 9.17) is 43.1 Å². The van der Waals surface area contributed by atoms with Crippen LogP contribution in [-0.4, -0.2) is 102 Å². The molecule has 7 aliphatic heterocycles. The number of rotatable bonds is 2. The predicted octanol–water partition coefficient (Wildman–Crippen LogP) is 6.64. The summed E-state index contributed by atoms with van der Waals surface area (Å²) >= 11 is 13.9. The number of ether oxygens (including phenoxy) is 3. The number of benzene rings is 7. The van der Waals surface area contributed by atoms with Crippen molar-refractivity contribution < 1.29 is 83.5 Å². The number of nitrogens with two attached hydrogens (primary N) is 1. The third kappa shape index (κ3) is 12.0. The summed E-state index contributed by atoms with van der Waals surface area (Å²) in [4.78, 5) is 107. The molecule has 0 spiro atoms. The molecule has 17 bridgehead atoms. The van der Waals surface area contributed by atoms with Gasteiger partial charge in [-0.15, -0.1) is 0 Å². The van der Waals surface area contributed by atoms with Crippen LogP contribution in [0.2, 0.25) is 10.0 Å². The summed E-state index contributed by atoms with van der Waals surface area (Å²) in [5, 5.41) is 101. The molecule has 11 atom stereocenters. The number of piperidine rings is 1. The Hall–Kier alpha value is -10.3. The molecule has 7 aromatic rings. The Bertz CT molecular complexity index is 4340. The molecule has 1 aliphatic carbocycles. The summed E-state index contributed by atoms with van der Waals surface area (Å²) in [5.74, 6) is -12.8. The number of hydrogen-bond donors (Lipinski definition) is 15. The Balaban J connectivity index is 1.01. The van der Waals surface area contributed by atoms with Gasteiger partial charge < -0.3 is 92.9 Å². The van der Waals surface area contributed by atoms with Gasteiger partial charge in [0, 0.05) is 29.7 Å². The Morgan fingerprint density at radius 2 is 1.13 bits per heavy atom. The Morgan fingerprint density at radius 3 is 1.85 bits per heavy atom. The molecule has 0 radical (unpaired) electrons. The quantitative estimate of drug-likeness (QED) is 0.0862. The number of halogens is 2. The number of amides is 6. The van der Waals surface area contributed by atoms with Crippen molar-refractivity contribution in [2.45, 2.75) is 93.0 Å². The summed E-state index contributed by atoms with van der Waals surface area (Å²) in [6.45, 7) is 0.447. The van der Waals surface area contributed by atoms with Crippen molar-refractivity contribution in [1.29, 1.82) is 0 Å². The fourth-order valence-electron chi connectivity index (χ4n) is 13.4. The van der Waals surface area contributed by atoms with E-state index in [0.717, 1.165) is 68.1 Å². The van der Waals surface area contributed by atoms with Crippen LogP contribution in [0.15, 0.2) is 115 Å². The highest BCUT2D eigenvalue weighted by atomic mass is 35.5. The number of phenols is 6. The molecule has 15 rings (SSSR count). The monoisotopic (exact) mass is 1320 g/mol. The molecule has 6 amide bonds. The second kappa shape index (κ2) is 25.0. The zero-order valence-corrected chi connectivity index (χ0v) is 50.8. The highest BCUT2D eigenvalue weighted by molar-refractivity contribution is 6.32. The molecule has 8 aliphatic rings. The average Bonchev–Trinajstić information content (AvgIpc) is 0.861. The molecular weight excluding hydrogens is 1260 g/mol. The van der Waals surface area contributed by atoms with E-state index in [2.05, 4.69) is 37.2 Å². The van der Waals surface area contributed by atoms with Gasteiger partial charge in [-0.2, -0.15) is 0 Å². The molecule has 2 fully saturated rings. The van der Waals surface area contributed by atoms with Gasteiger partial charge in [0.15, 0.2) is 28.8 Å². The van der Waals surface area contributed by atoms with Gasteiger partial charge in [-0.1, -0.05) is 66.7 Å². The number of aliphatic hydroxyl groups excluding tert-OH is 1. The molecular formula is C67H60Cl2N8O17. The second-order valence-electron chi connectivity index (χ2n) is 24.1. The van der Waals surface area contributed by atoms with E-state index in [1.807, 2.05) is 0 Å². The van der Waals surface area contributed by atoms with Crippen LogP contribution in [0.1, 0.15) is 107 Å². The summed E-state index contributed by atoms with van der Waals surface area (Å²) < 4.78 is 18.6. The molecule has 25 nitrogen and oxygen atoms in total. The van der Waals surface area contributed by atoms with Crippen LogP contribution >= 0.6 is 23.2 Å². The van der Waals surface area contributed by atoms with Crippen molar-refractivity contribution in [2.24, 2.45) is 17.6 Å². The van der Waals surface area contributed by atoms with Crippen LogP contribution in [0.3, 0.4) is 0 Å². The number of nitrogens with one attached hydrogen (secondary N) is 7. The fourth-order valence-corrected chi connectivity index (χ4v) is 13.8. The van der Waals surface area contributed by atoms with E-state index in [1.54, 1.807) is 0 Å². The molecule has 1 saturated carbocycles. The number of aromatic hydroxyl groups is 6. The topological polar surface area (TPSA) is 399 Å². The standard InChI is InChI=1S/C67H60Cl2N8O17/c68-40-15-27-5-11-46(40)93-49-22-33-23-50(60(49)84)94-47-12-8-31(20-41(47)69)59(83)58-67(91)76-57(61(85)56-37-4-2-1-3-28(37)13-14-71-56)39-25-35(79)26-45(82)51(39)38-19-30(7-9-43(38)80)53(64(88)77-58)74-66(90)55(33)75-65(89)54-32-17-34(78)24-36(18-32)92-48-21-29(6-10-44(48)81)52(70)63(87)72-42(16-27)62(86)73-54/h5-12,15,17-26,28,37,42,52-59,71,78-84H,1-4,13-14,16,70H2,(H,72,87)(H,73,86)(H,74,90)(H,75,89)(H,76,91)(H,77,88)/t28?,37?,42-,52-,53-,54+,55-,56?,57+,58+,59-/m1/s1. The molecule has 1 saturated heterocycles. The van der Waals surface area contributed by atoms with E-state index in [9.17, 15) is 40.5 Å². The van der Waals surface area contributed by atoms with E-state index in [-0.39, 0.29) is 95.8 Å². The summed E-state index contributed by atoms with van der Waals surface area (Å²) in [6.07, 6.45) is 1.68. The number of ketones is 1. The smallest absolute Gasteiger partial charge is 0.248 e. The number of phenolic OH excluding ortho intramolecular Hbond substituents is 6. The lowest BCUT2D eigenvalue weighted by Crippen LogP contribution is -2.58. The predicted molar refractivity (Wildman–Crippen MR) is 334 cm³/mol. The Labute approximate surface area is 544 Å². The van der Waals surface area contributed by atoms with Gasteiger partial charge in [0.1, 0.15) is 88.6 Å². The minimum atomic E-state index is -2.15. The molecule has 16 N–H and O–H groups in total. The fraction of sp³-hybridized carbons (Fsp3) is 0.269. The van der Waals surface area contributed by atoms with E-state index in [0.29, 0.717) is 18.5 Å². The Morgan fingerprint density at radius 1 is 0.511 bits per heavy atom. The molecule has 484 valence electrons. The van der Waals surface area contributed by atoms with Crippen LogP contribution in [0, 0.1) is 11.8 Å². The highest BCUT2D eigenvalue weighted by Crippen LogP contribution is 2.49. The van der Waals surface area contributed by atoms with Crippen LogP contribution in [0.5, 0.6) is 69.0 Å². The summed E-state index contributed by atoms with van der Waals surface area (Å²) in [5.41, 5.74) is 5.33. The lowest BCUT2D eigenvalue weighted by molar-refractivity contribution is -0.137. The van der Waals surface area contributed by atoms with Crippen LogP contribution in [0.4, 0.5) is 0 Å². The van der Waals surface area contributed by atoms with Crippen molar-refractivity contribution >= 4 is 64.4 Å². The number of hydrogen-bond acceptors (Lipinski definition) is 19. The van der Waals surface area contributed by atoms with Gasteiger partial charge in [0.05, 0.1) is 16.1 Å². The van der Waals surface area contributed by atoms with Crippen LogP contribution < -0.4 is 57.2 Å². The minimum Gasteiger partial charge on any atom is -0.508 e. The number of carbonyl (C=O) groups excluding carboxylic acids is 7. The van der Waals surface area contributed by atoms with Crippen molar-refractivity contribution in [1.82, 2.24) is 37.2 Å². The first-order valence-electron chi connectivity index (χ1n) is 30.1. The van der Waals surface area contributed by atoms with Gasteiger partial charge in [0.2, 0.25) is 41.2 Å². The lowest BCUT2D eigenvalue weighted by atomic mass is 9.69. The molecule has 7 heterocycles. The number of fused-ring (bicyclic) bond motifs is 15. The third-order valence-electron chi connectivity index (χ3n) is 18.1. The molecule has 7 aromatic carbocycles. The maximum absolute atomic E-state index is 15.9. The first kappa shape index (κ1) is 62.5. The number of carbonyl (C=O) groups is 7. The maximum Gasteiger partial charge on any atom is 0.248 e. The summed E-state index contributed by atoms with van der Waals surface area (Å²) in [6, 6.07) is 9.09. The first-order valence-corrected chi connectivity index (χ1v) is 30.9. The van der Waals surface area contributed by atoms with E-state index >= 15 is 28.8 Å². The highest BCUT2D eigenvalue weighted by Gasteiger charge is 2.46. The first-order chi connectivity index (χ1) is 45.0. The molecule has 3 unspecified atom stereocenters. The number of Topliss-reactive ketones (excluding diaryl/α,β-unsaturated/α-hetero) is 1. The van der Waals surface area contributed by atoms with Crippen molar-refractivity contribution in [2.75, 3.05) is 6.54 Å². The minimum absolute atomic E-state index is 0.111. The largest absolute Gasteiger partial charge is 0.508 e.